The Morgan fingerprint density at radius 1 is 1.35 bits per heavy atom. The standard InChI is InChI=1S/C16H23FN2O/c1-2-20-14-10-13(16(14)8-4-3-5-9-16)19-12-6-7-15(17)18-11-12/h6-7,11,13-14,19H,2-5,8-10H2,1H3. The van der Waals surface area contributed by atoms with Crippen molar-refractivity contribution in [2.45, 2.75) is 57.6 Å². The van der Waals surface area contributed by atoms with E-state index in [0.29, 0.717) is 12.1 Å². The summed E-state index contributed by atoms with van der Waals surface area (Å²) < 4.78 is 18.8. The smallest absolute Gasteiger partial charge is 0.212 e. The van der Waals surface area contributed by atoms with E-state index in [9.17, 15) is 4.39 Å². The Labute approximate surface area is 119 Å². The lowest BCUT2D eigenvalue weighted by atomic mass is 9.55. The first-order valence-electron chi connectivity index (χ1n) is 7.74. The maximum atomic E-state index is 12.9. The first-order valence-corrected chi connectivity index (χ1v) is 7.74. The van der Waals surface area contributed by atoms with Crippen LogP contribution in [0.25, 0.3) is 0 Å². The summed E-state index contributed by atoms with van der Waals surface area (Å²) >= 11 is 0. The summed E-state index contributed by atoms with van der Waals surface area (Å²) in [6.45, 7) is 2.86. The molecule has 1 aromatic rings. The van der Waals surface area contributed by atoms with E-state index in [0.717, 1.165) is 18.7 Å². The molecule has 2 fully saturated rings. The summed E-state index contributed by atoms with van der Waals surface area (Å²) in [5.74, 6) is -0.427. The zero-order valence-electron chi connectivity index (χ0n) is 12.1. The number of anilines is 1. The first-order chi connectivity index (χ1) is 9.74. The molecule has 3 rings (SSSR count). The topological polar surface area (TPSA) is 34.1 Å². The summed E-state index contributed by atoms with van der Waals surface area (Å²) in [6.07, 6.45) is 9.43. The van der Waals surface area contributed by atoms with Crippen LogP contribution in [0.5, 0.6) is 0 Å². The minimum atomic E-state index is -0.427. The van der Waals surface area contributed by atoms with E-state index < -0.39 is 5.95 Å². The predicted molar refractivity (Wildman–Crippen MR) is 77.2 cm³/mol. The number of hydrogen-bond acceptors (Lipinski definition) is 3. The number of nitrogens with zero attached hydrogens (tertiary/aromatic N) is 1. The Morgan fingerprint density at radius 2 is 2.15 bits per heavy atom. The van der Waals surface area contributed by atoms with Crippen molar-refractivity contribution in [1.29, 1.82) is 0 Å². The molecule has 0 radical (unpaired) electrons. The SMILES string of the molecule is CCOC1CC(Nc2ccc(F)nc2)C12CCCCC2. The molecule has 4 heteroatoms. The second kappa shape index (κ2) is 5.68. The van der Waals surface area contributed by atoms with Crippen molar-refractivity contribution in [2.75, 3.05) is 11.9 Å². The second-order valence-corrected chi connectivity index (χ2v) is 6.04. The van der Waals surface area contributed by atoms with Gasteiger partial charge in [0.2, 0.25) is 5.95 Å². The normalized spacial score (nSPS) is 28.1. The maximum Gasteiger partial charge on any atom is 0.212 e. The molecular weight excluding hydrogens is 255 g/mol. The van der Waals surface area contributed by atoms with Crippen LogP contribution < -0.4 is 5.32 Å². The van der Waals surface area contributed by atoms with Crippen LogP contribution >= 0.6 is 0 Å². The third-order valence-electron chi connectivity index (χ3n) is 5.01. The van der Waals surface area contributed by atoms with Gasteiger partial charge in [0.1, 0.15) is 0 Å². The van der Waals surface area contributed by atoms with Crippen LogP contribution in [0.2, 0.25) is 0 Å². The number of ether oxygens (including phenoxy) is 1. The lowest BCUT2D eigenvalue weighted by Gasteiger charge is -2.58. The van der Waals surface area contributed by atoms with Crippen LogP contribution in [0.4, 0.5) is 10.1 Å². The molecule has 1 heterocycles. The highest BCUT2D eigenvalue weighted by Crippen LogP contribution is 2.54. The van der Waals surface area contributed by atoms with Crippen molar-refractivity contribution >= 4 is 5.69 Å². The van der Waals surface area contributed by atoms with Crippen LogP contribution in [-0.2, 0) is 4.74 Å². The molecule has 2 unspecified atom stereocenters. The third-order valence-corrected chi connectivity index (χ3v) is 5.01. The molecule has 2 aliphatic carbocycles. The number of nitrogens with one attached hydrogen (secondary N) is 1. The summed E-state index contributed by atoms with van der Waals surface area (Å²) in [4.78, 5) is 3.72. The molecule has 1 spiro atoms. The number of pyridine rings is 1. The van der Waals surface area contributed by atoms with Gasteiger partial charge in [-0.15, -0.1) is 0 Å². The van der Waals surface area contributed by atoms with Gasteiger partial charge in [-0.1, -0.05) is 19.3 Å². The number of aromatic nitrogens is 1. The number of halogens is 1. The van der Waals surface area contributed by atoms with Crippen LogP contribution in [0, 0.1) is 11.4 Å². The fourth-order valence-electron chi connectivity index (χ4n) is 3.93. The van der Waals surface area contributed by atoms with Crippen molar-refractivity contribution in [3.05, 3.63) is 24.3 Å². The summed E-state index contributed by atoms with van der Waals surface area (Å²) in [5.41, 5.74) is 1.19. The van der Waals surface area contributed by atoms with Crippen LogP contribution in [-0.4, -0.2) is 23.7 Å². The lowest BCUT2D eigenvalue weighted by molar-refractivity contribution is -0.134. The van der Waals surface area contributed by atoms with Crippen molar-refractivity contribution in [3.8, 4) is 0 Å². The van der Waals surface area contributed by atoms with Gasteiger partial charge in [-0.2, -0.15) is 4.39 Å². The predicted octanol–water partition coefficient (Wildman–Crippen LogP) is 3.76. The highest BCUT2D eigenvalue weighted by atomic mass is 19.1. The zero-order chi connectivity index (χ0) is 14.0. The van der Waals surface area contributed by atoms with Gasteiger partial charge >= 0.3 is 0 Å². The molecule has 0 aromatic carbocycles. The Kier molecular flexibility index (Phi) is 3.92. The van der Waals surface area contributed by atoms with Crippen LogP contribution in [0.1, 0.15) is 45.4 Å². The largest absolute Gasteiger partial charge is 0.380 e. The van der Waals surface area contributed by atoms with E-state index in [1.54, 1.807) is 12.3 Å². The highest BCUT2D eigenvalue weighted by molar-refractivity contribution is 5.43. The van der Waals surface area contributed by atoms with Gasteiger partial charge in [0, 0.05) is 18.1 Å². The second-order valence-electron chi connectivity index (χ2n) is 6.04. The molecular formula is C16H23FN2O. The van der Waals surface area contributed by atoms with E-state index in [2.05, 4.69) is 17.2 Å². The van der Waals surface area contributed by atoms with Crippen molar-refractivity contribution in [1.82, 2.24) is 4.98 Å². The number of hydrogen-bond donors (Lipinski definition) is 1. The quantitative estimate of drug-likeness (QED) is 0.851. The molecule has 0 amide bonds. The van der Waals surface area contributed by atoms with Crippen molar-refractivity contribution in [2.24, 2.45) is 5.41 Å². The molecule has 110 valence electrons. The molecule has 3 nitrogen and oxygen atoms in total. The van der Waals surface area contributed by atoms with Crippen molar-refractivity contribution < 1.29 is 9.13 Å². The minimum absolute atomic E-state index is 0.280. The van der Waals surface area contributed by atoms with E-state index >= 15 is 0 Å². The van der Waals surface area contributed by atoms with Gasteiger partial charge in [0.15, 0.2) is 0 Å². The molecule has 0 aliphatic heterocycles. The third kappa shape index (κ3) is 2.41. The Morgan fingerprint density at radius 3 is 2.80 bits per heavy atom. The average Bonchev–Trinajstić information content (AvgIpc) is 2.49. The van der Waals surface area contributed by atoms with Crippen LogP contribution in [0.15, 0.2) is 18.3 Å². The Hall–Kier alpha value is -1.16. The van der Waals surface area contributed by atoms with E-state index in [-0.39, 0.29) is 5.41 Å². The molecule has 0 saturated heterocycles. The molecule has 2 atom stereocenters. The van der Waals surface area contributed by atoms with Gasteiger partial charge < -0.3 is 10.1 Å². The van der Waals surface area contributed by atoms with Gasteiger partial charge in [0.05, 0.1) is 18.0 Å². The number of rotatable bonds is 4. The van der Waals surface area contributed by atoms with Crippen LogP contribution in [0.3, 0.4) is 0 Å². The molecule has 0 bridgehead atoms. The van der Waals surface area contributed by atoms with E-state index in [1.807, 2.05) is 0 Å². The fraction of sp³-hybridized carbons (Fsp3) is 0.688. The maximum absolute atomic E-state index is 12.9. The highest BCUT2D eigenvalue weighted by Gasteiger charge is 2.55. The molecule has 2 saturated carbocycles. The summed E-state index contributed by atoms with van der Waals surface area (Å²) in [6, 6.07) is 3.62. The van der Waals surface area contributed by atoms with Crippen molar-refractivity contribution in [3.63, 3.8) is 0 Å². The fourth-order valence-corrected chi connectivity index (χ4v) is 3.93. The van der Waals surface area contributed by atoms with Gasteiger partial charge in [-0.3, -0.25) is 0 Å². The van der Waals surface area contributed by atoms with E-state index in [1.165, 1.54) is 38.2 Å². The molecule has 1 N–H and O–H groups in total. The van der Waals surface area contributed by atoms with Gasteiger partial charge in [-0.25, -0.2) is 4.98 Å². The minimum Gasteiger partial charge on any atom is -0.380 e. The molecule has 20 heavy (non-hydrogen) atoms. The Bertz CT molecular complexity index is 442. The van der Waals surface area contributed by atoms with Gasteiger partial charge in [-0.05, 0) is 38.3 Å². The summed E-state index contributed by atoms with van der Waals surface area (Å²) in [5, 5.41) is 3.55. The average molecular weight is 278 g/mol. The molecule has 2 aliphatic rings. The van der Waals surface area contributed by atoms with E-state index in [4.69, 9.17) is 4.74 Å². The first kappa shape index (κ1) is 13.8. The zero-order valence-corrected chi connectivity index (χ0v) is 12.1. The lowest BCUT2D eigenvalue weighted by Crippen LogP contribution is -2.62. The Balaban J connectivity index is 1.71. The summed E-state index contributed by atoms with van der Waals surface area (Å²) in [7, 11) is 0. The van der Waals surface area contributed by atoms with Gasteiger partial charge in [0.25, 0.3) is 0 Å². The monoisotopic (exact) mass is 278 g/mol. The molecule has 1 aromatic heterocycles.